The van der Waals surface area contributed by atoms with Crippen molar-refractivity contribution in [1.29, 1.82) is 0 Å². The second-order valence-corrected chi connectivity index (χ2v) is 4.85. The van der Waals surface area contributed by atoms with E-state index in [1.54, 1.807) is 12.1 Å². The molecule has 0 radical (unpaired) electrons. The Hall–Kier alpha value is -2.37. The van der Waals surface area contributed by atoms with E-state index in [1.165, 1.54) is 21.1 Å². The molecule has 0 bridgehead atoms. The number of carbonyl (C=O) groups excluding carboxylic acids is 3. The highest BCUT2D eigenvalue weighted by molar-refractivity contribution is 5.81. The van der Waals surface area contributed by atoms with Crippen molar-refractivity contribution in [3.8, 4) is 0 Å². The van der Waals surface area contributed by atoms with Crippen molar-refractivity contribution in [2.45, 2.75) is 26.4 Å². The van der Waals surface area contributed by atoms with E-state index in [0.717, 1.165) is 5.56 Å². The van der Waals surface area contributed by atoms with Gasteiger partial charge in [0.15, 0.2) is 0 Å². The van der Waals surface area contributed by atoms with Crippen molar-refractivity contribution >= 4 is 17.9 Å². The number of ether oxygens (including phenoxy) is 3. The lowest BCUT2D eigenvalue weighted by atomic mass is 9.92. The zero-order valence-electron chi connectivity index (χ0n) is 13.1. The van der Waals surface area contributed by atoms with Gasteiger partial charge < -0.3 is 14.2 Å². The molecule has 0 unspecified atom stereocenters. The average molecular weight is 308 g/mol. The van der Waals surface area contributed by atoms with Gasteiger partial charge in [-0.15, -0.1) is 0 Å². The normalized spacial score (nSPS) is 12.9. The second kappa shape index (κ2) is 8.17. The summed E-state index contributed by atoms with van der Waals surface area (Å²) in [5.41, 5.74) is 1.63. The summed E-state index contributed by atoms with van der Waals surface area (Å²) >= 11 is 0. The first kappa shape index (κ1) is 17.7. The minimum absolute atomic E-state index is 0.241. The minimum Gasteiger partial charge on any atom is -0.469 e. The lowest BCUT2D eigenvalue weighted by molar-refractivity contribution is -0.164. The molecule has 0 saturated carbocycles. The molecule has 1 aromatic carbocycles. The number of aryl methyl sites for hydroxylation is 1. The van der Waals surface area contributed by atoms with Crippen LogP contribution in [0.3, 0.4) is 0 Å². The lowest BCUT2D eigenvalue weighted by Gasteiger charge is -2.24. The predicted molar refractivity (Wildman–Crippen MR) is 77.8 cm³/mol. The maximum Gasteiger partial charge on any atom is 0.313 e. The summed E-state index contributed by atoms with van der Waals surface area (Å²) in [6.45, 7) is 3.16. The molecule has 0 amide bonds. The molecule has 0 spiro atoms. The Kier molecular flexibility index (Phi) is 6.56. The fourth-order valence-corrected chi connectivity index (χ4v) is 2.05. The Bertz CT molecular complexity index is 534. The van der Waals surface area contributed by atoms with E-state index < -0.39 is 29.9 Å². The fraction of sp³-hybridized carbons (Fsp3) is 0.438. The predicted octanol–water partition coefficient (Wildman–Crippen LogP) is 1.95. The summed E-state index contributed by atoms with van der Waals surface area (Å²) in [4.78, 5) is 34.9. The molecule has 0 saturated heterocycles. The highest BCUT2D eigenvalue weighted by Crippen LogP contribution is 2.30. The summed E-state index contributed by atoms with van der Waals surface area (Å²) in [5, 5.41) is 0. The molecule has 0 aromatic heterocycles. The van der Waals surface area contributed by atoms with Crippen LogP contribution in [0.25, 0.3) is 0 Å². The van der Waals surface area contributed by atoms with Gasteiger partial charge in [0, 0.05) is 6.92 Å². The molecule has 1 rings (SSSR count). The standard InChI is InChI=1S/C16H20O6/c1-10-5-7-12(8-6-10)15(22-11(2)17)13(16(19)21-4)9-14(18)20-3/h5-8,13,15H,9H2,1-4H3/t13-,15-/m1/s1. The third kappa shape index (κ3) is 4.87. The van der Waals surface area contributed by atoms with E-state index in [-0.39, 0.29) is 6.42 Å². The maximum atomic E-state index is 12.0. The van der Waals surface area contributed by atoms with Gasteiger partial charge in [0.25, 0.3) is 0 Å². The lowest BCUT2D eigenvalue weighted by Crippen LogP contribution is -2.29. The van der Waals surface area contributed by atoms with Crippen LogP contribution in [0, 0.1) is 12.8 Å². The summed E-state index contributed by atoms with van der Waals surface area (Å²) in [6, 6.07) is 7.16. The van der Waals surface area contributed by atoms with Crippen molar-refractivity contribution in [1.82, 2.24) is 0 Å². The average Bonchev–Trinajstić information content (AvgIpc) is 2.50. The number of benzene rings is 1. The summed E-state index contributed by atoms with van der Waals surface area (Å²) in [5.74, 6) is -2.75. The number of hydrogen-bond acceptors (Lipinski definition) is 6. The van der Waals surface area contributed by atoms with Gasteiger partial charge in [0.1, 0.15) is 12.0 Å². The molecule has 0 heterocycles. The molecule has 1 aromatic rings. The topological polar surface area (TPSA) is 78.9 Å². The van der Waals surface area contributed by atoms with E-state index in [2.05, 4.69) is 4.74 Å². The van der Waals surface area contributed by atoms with Crippen molar-refractivity contribution in [3.05, 3.63) is 35.4 Å². The zero-order chi connectivity index (χ0) is 16.7. The molecular weight excluding hydrogens is 288 g/mol. The van der Waals surface area contributed by atoms with Gasteiger partial charge in [-0.25, -0.2) is 0 Å². The van der Waals surface area contributed by atoms with Crippen LogP contribution < -0.4 is 0 Å². The van der Waals surface area contributed by atoms with Gasteiger partial charge in [-0.3, -0.25) is 14.4 Å². The number of methoxy groups -OCH3 is 2. The van der Waals surface area contributed by atoms with Crippen LogP contribution in [0.1, 0.15) is 30.6 Å². The van der Waals surface area contributed by atoms with Crippen molar-refractivity contribution < 1.29 is 28.6 Å². The van der Waals surface area contributed by atoms with Crippen LogP contribution in [0.15, 0.2) is 24.3 Å². The van der Waals surface area contributed by atoms with E-state index in [0.29, 0.717) is 5.56 Å². The van der Waals surface area contributed by atoms with Crippen LogP contribution in [0.4, 0.5) is 0 Å². The van der Waals surface area contributed by atoms with Gasteiger partial charge in [-0.05, 0) is 12.5 Å². The van der Waals surface area contributed by atoms with E-state index in [9.17, 15) is 14.4 Å². The minimum atomic E-state index is -0.968. The van der Waals surface area contributed by atoms with Gasteiger partial charge in [0.2, 0.25) is 0 Å². The summed E-state index contributed by atoms with van der Waals surface area (Å²) in [7, 11) is 2.44. The highest BCUT2D eigenvalue weighted by Gasteiger charge is 2.35. The zero-order valence-corrected chi connectivity index (χ0v) is 13.1. The number of rotatable bonds is 6. The first-order valence-electron chi connectivity index (χ1n) is 6.77. The SMILES string of the molecule is COC(=O)C[C@@H](C(=O)OC)[C@H](OC(C)=O)c1ccc(C)cc1. The summed E-state index contributed by atoms with van der Waals surface area (Å²) < 4.78 is 14.6. The fourth-order valence-electron chi connectivity index (χ4n) is 2.05. The molecule has 0 aliphatic carbocycles. The highest BCUT2D eigenvalue weighted by atomic mass is 16.6. The van der Waals surface area contributed by atoms with E-state index in [4.69, 9.17) is 9.47 Å². The Morgan fingerprint density at radius 3 is 2.09 bits per heavy atom. The molecule has 0 N–H and O–H groups in total. The first-order valence-corrected chi connectivity index (χ1v) is 6.77. The number of hydrogen-bond donors (Lipinski definition) is 0. The van der Waals surface area contributed by atoms with Crippen LogP contribution in [0.2, 0.25) is 0 Å². The Morgan fingerprint density at radius 2 is 1.64 bits per heavy atom. The number of carbonyl (C=O) groups is 3. The second-order valence-electron chi connectivity index (χ2n) is 4.85. The van der Waals surface area contributed by atoms with Gasteiger partial charge in [-0.1, -0.05) is 29.8 Å². The van der Waals surface area contributed by atoms with Crippen molar-refractivity contribution in [3.63, 3.8) is 0 Å². The van der Waals surface area contributed by atoms with Crippen LogP contribution >= 0.6 is 0 Å². The molecule has 0 aliphatic heterocycles. The largest absolute Gasteiger partial charge is 0.469 e. The van der Waals surface area contributed by atoms with Crippen molar-refractivity contribution in [2.24, 2.45) is 5.92 Å². The molecule has 0 aliphatic rings. The summed E-state index contributed by atoms with van der Waals surface area (Å²) in [6.07, 6.45) is -1.15. The molecule has 2 atom stereocenters. The van der Waals surface area contributed by atoms with Crippen LogP contribution in [0.5, 0.6) is 0 Å². The maximum absolute atomic E-state index is 12.0. The number of esters is 3. The monoisotopic (exact) mass is 308 g/mol. The molecule has 22 heavy (non-hydrogen) atoms. The smallest absolute Gasteiger partial charge is 0.313 e. The van der Waals surface area contributed by atoms with Gasteiger partial charge in [0.05, 0.1) is 20.6 Å². The molecule has 0 fully saturated rings. The van der Waals surface area contributed by atoms with E-state index in [1.807, 2.05) is 19.1 Å². The Labute approximate surface area is 129 Å². The third-order valence-electron chi connectivity index (χ3n) is 3.18. The van der Waals surface area contributed by atoms with Crippen LogP contribution in [-0.2, 0) is 28.6 Å². The quantitative estimate of drug-likeness (QED) is 0.590. The molecular formula is C16H20O6. The molecule has 6 heteroatoms. The molecule has 6 nitrogen and oxygen atoms in total. The van der Waals surface area contributed by atoms with Crippen molar-refractivity contribution in [2.75, 3.05) is 14.2 Å². The Balaban J connectivity index is 3.18. The van der Waals surface area contributed by atoms with Gasteiger partial charge in [-0.2, -0.15) is 0 Å². The molecule has 120 valence electrons. The van der Waals surface area contributed by atoms with E-state index >= 15 is 0 Å². The first-order chi connectivity index (χ1) is 10.4. The van der Waals surface area contributed by atoms with Crippen LogP contribution in [-0.4, -0.2) is 32.1 Å². The third-order valence-corrected chi connectivity index (χ3v) is 3.18. The van der Waals surface area contributed by atoms with Gasteiger partial charge >= 0.3 is 17.9 Å². The Morgan fingerprint density at radius 1 is 1.05 bits per heavy atom.